The molecule has 1 aromatic heterocycles. The van der Waals surface area contributed by atoms with E-state index in [1.54, 1.807) is 6.20 Å². The van der Waals surface area contributed by atoms with Gasteiger partial charge in [-0.15, -0.1) is 0 Å². The number of ether oxygens (including phenoxy) is 1. The van der Waals surface area contributed by atoms with Gasteiger partial charge in [-0.25, -0.2) is 9.97 Å². The van der Waals surface area contributed by atoms with Crippen molar-refractivity contribution in [1.82, 2.24) is 9.97 Å². The molecule has 14 heavy (non-hydrogen) atoms. The zero-order valence-electron chi connectivity index (χ0n) is 8.36. The van der Waals surface area contributed by atoms with Crippen LogP contribution in [0.15, 0.2) is 12.3 Å². The van der Waals surface area contributed by atoms with Crippen molar-refractivity contribution in [3.05, 3.63) is 18.1 Å². The molecule has 1 aliphatic rings. The third-order valence-electron chi connectivity index (χ3n) is 2.37. The molecule has 1 N–H and O–H groups in total. The molecule has 1 fully saturated rings. The molecule has 1 aromatic rings. The third-order valence-corrected chi connectivity index (χ3v) is 2.37. The molecule has 0 aliphatic carbocycles. The van der Waals surface area contributed by atoms with E-state index in [-0.39, 0.29) is 0 Å². The number of rotatable bonds is 3. The molecule has 4 heteroatoms. The fourth-order valence-electron chi connectivity index (χ4n) is 1.55. The van der Waals surface area contributed by atoms with Gasteiger partial charge in [0.25, 0.3) is 0 Å². The highest BCUT2D eigenvalue weighted by atomic mass is 16.5. The first-order chi connectivity index (χ1) is 6.84. The van der Waals surface area contributed by atoms with E-state index in [1.165, 1.54) is 0 Å². The Labute approximate surface area is 83.7 Å². The summed E-state index contributed by atoms with van der Waals surface area (Å²) in [5.74, 6) is 2.34. The largest absolute Gasteiger partial charge is 0.381 e. The van der Waals surface area contributed by atoms with E-state index in [9.17, 15) is 0 Å². The van der Waals surface area contributed by atoms with Crippen LogP contribution in [0.1, 0.15) is 12.2 Å². The average molecular weight is 193 g/mol. The second-order valence-corrected chi connectivity index (χ2v) is 3.60. The van der Waals surface area contributed by atoms with Gasteiger partial charge >= 0.3 is 0 Å². The summed E-state index contributed by atoms with van der Waals surface area (Å²) in [6, 6.07) is 1.89. The first-order valence-electron chi connectivity index (χ1n) is 4.96. The number of hydrogen-bond donors (Lipinski definition) is 1. The Kier molecular flexibility index (Phi) is 2.93. The lowest BCUT2D eigenvalue weighted by molar-refractivity contribution is 0.187. The maximum Gasteiger partial charge on any atom is 0.129 e. The average Bonchev–Trinajstić information content (AvgIpc) is 2.67. The summed E-state index contributed by atoms with van der Waals surface area (Å²) in [4.78, 5) is 8.31. The van der Waals surface area contributed by atoms with Gasteiger partial charge in [-0.05, 0) is 19.4 Å². The zero-order chi connectivity index (χ0) is 9.80. The summed E-state index contributed by atoms with van der Waals surface area (Å²) in [5, 5.41) is 3.30. The molecule has 1 aliphatic heterocycles. The van der Waals surface area contributed by atoms with Crippen molar-refractivity contribution in [2.45, 2.75) is 13.3 Å². The van der Waals surface area contributed by atoms with Crippen LogP contribution in [0.25, 0.3) is 0 Å². The zero-order valence-corrected chi connectivity index (χ0v) is 8.36. The van der Waals surface area contributed by atoms with E-state index in [1.807, 2.05) is 13.0 Å². The molecule has 1 atom stereocenters. The quantitative estimate of drug-likeness (QED) is 0.784. The number of nitrogens with one attached hydrogen (secondary N) is 1. The SMILES string of the molecule is Cc1nccc(NCC2CCOC2)n1. The molecule has 1 saturated heterocycles. The lowest BCUT2D eigenvalue weighted by Crippen LogP contribution is -2.15. The van der Waals surface area contributed by atoms with E-state index < -0.39 is 0 Å². The fraction of sp³-hybridized carbons (Fsp3) is 0.600. The van der Waals surface area contributed by atoms with E-state index >= 15 is 0 Å². The maximum atomic E-state index is 5.30. The Bertz CT molecular complexity index is 297. The van der Waals surface area contributed by atoms with Gasteiger partial charge in [-0.3, -0.25) is 0 Å². The van der Waals surface area contributed by atoms with E-state index in [0.29, 0.717) is 5.92 Å². The molecular formula is C10H15N3O. The van der Waals surface area contributed by atoms with Gasteiger partial charge in [0, 0.05) is 25.3 Å². The normalized spacial score (nSPS) is 21.1. The summed E-state index contributed by atoms with van der Waals surface area (Å²) in [6.07, 6.45) is 2.92. The Morgan fingerprint density at radius 1 is 1.64 bits per heavy atom. The Hall–Kier alpha value is -1.16. The van der Waals surface area contributed by atoms with Gasteiger partial charge in [0.15, 0.2) is 0 Å². The Morgan fingerprint density at radius 3 is 3.29 bits per heavy atom. The minimum Gasteiger partial charge on any atom is -0.381 e. The van der Waals surface area contributed by atoms with Gasteiger partial charge in [0.1, 0.15) is 11.6 Å². The summed E-state index contributed by atoms with van der Waals surface area (Å²) in [7, 11) is 0. The van der Waals surface area contributed by atoms with E-state index in [2.05, 4.69) is 15.3 Å². The predicted molar refractivity (Wildman–Crippen MR) is 54.2 cm³/mol. The van der Waals surface area contributed by atoms with Crippen LogP contribution in [0, 0.1) is 12.8 Å². The topological polar surface area (TPSA) is 47.0 Å². The van der Waals surface area contributed by atoms with Crippen LogP contribution in [-0.2, 0) is 4.74 Å². The van der Waals surface area contributed by atoms with Crippen molar-refractivity contribution < 1.29 is 4.74 Å². The first-order valence-corrected chi connectivity index (χ1v) is 4.96. The van der Waals surface area contributed by atoms with Crippen LogP contribution in [-0.4, -0.2) is 29.7 Å². The van der Waals surface area contributed by atoms with E-state index in [4.69, 9.17) is 4.74 Å². The molecule has 0 saturated carbocycles. The monoisotopic (exact) mass is 193 g/mol. The molecular weight excluding hydrogens is 178 g/mol. The highest BCUT2D eigenvalue weighted by Crippen LogP contribution is 2.12. The lowest BCUT2D eigenvalue weighted by atomic mass is 10.1. The van der Waals surface area contributed by atoms with Crippen molar-refractivity contribution in [3.63, 3.8) is 0 Å². The number of aromatic nitrogens is 2. The first kappa shape index (κ1) is 9.40. The highest BCUT2D eigenvalue weighted by molar-refractivity contribution is 5.32. The molecule has 0 bridgehead atoms. The van der Waals surface area contributed by atoms with Crippen LogP contribution >= 0.6 is 0 Å². The Morgan fingerprint density at radius 2 is 2.57 bits per heavy atom. The standard InChI is InChI=1S/C10H15N3O/c1-8-11-4-2-10(13-8)12-6-9-3-5-14-7-9/h2,4,9H,3,5-7H2,1H3,(H,11,12,13). The van der Waals surface area contributed by atoms with Gasteiger partial charge < -0.3 is 10.1 Å². The van der Waals surface area contributed by atoms with Crippen LogP contribution in [0.2, 0.25) is 0 Å². The molecule has 0 aromatic carbocycles. The van der Waals surface area contributed by atoms with Crippen LogP contribution in [0.4, 0.5) is 5.82 Å². The number of hydrogen-bond acceptors (Lipinski definition) is 4. The summed E-state index contributed by atoms with van der Waals surface area (Å²) >= 11 is 0. The molecule has 2 heterocycles. The molecule has 76 valence electrons. The van der Waals surface area contributed by atoms with Crippen molar-refractivity contribution in [1.29, 1.82) is 0 Å². The molecule has 0 amide bonds. The van der Waals surface area contributed by atoms with Crippen molar-refractivity contribution >= 4 is 5.82 Å². The lowest BCUT2D eigenvalue weighted by Gasteiger charge is -2.09. The highest BCUT2D eigenvalue weighted by Gasteiger charge is 2.14. The molecule has 4 nitrogen and oxygen atoms in total. The van der Waals surface area contributed by atoms with Crippen molar-refractivity contribution in [2.75, 3.05) is 25.1 Å². The van der Waals surface area contributed by atoms with Gasteiger partial charge in [-0.2, -0.15) is 0 Å². The second-order valence-electron chi connectivity index (χ2n) is 3.60. The van der Waals surface area contributed by atoms with Gasteiger partial charge in [0.2, 0.25) is 0 Å². The fourth-order valence-corrected chi connectivity index (χ4v) is 1.55. The summed E-state index contributed by atoms with van der Waals surface area (Å²) in [6.45, 7) is 4.60. The number of aryl methyl sites for hydroxylation is 1. The van der Waals surface area contributed by atoms with Gasteiger partial charge in [-0.1, -0.05) is 0 Å². The maximum absolute atomic E-state index is 5.30. The summed E-state index contributed by atoms with van der Waals surface area (Å²) < 4.78 is 5.30. The van der Waals surface area contributed by atoms with E-state index in [0.717, 1.165) is 37.8 Å². The molecule has 1 unspecified atom stereocenters. The Balaban J connectivity index is 1.85. The second kappa shape index (κ2) is 4.37. The molecule has 2 rings (SSSR count). The molecule has 0 spiro atoms. The predicted octanol–water partition coefficient (Wildman–Crippen LogP) is 1.23. The summed E-state index contributed by atoms with van der Waals surface area (Å²) in [5.41, 5.74) is 0. The van der Waals surface area contributed by atoms with Crippen LogP contribution in [0.5, 0.6) is 0 Å². The van der Waals surface area contributed by atoms with Crippen molar-refractivity contribution in [3.8, 4) is 0 Å². The smallest absolute Gasteiger partial charge is 0.129 e. The van der Waals surface area contributed by atoms with Gasteiger partial charge in [0.05, 0.1) is 6.61 Å². The van der Waals surface area contributed by atoms with Crippen molar-refractivity contribution in [2.24, 2.45) is 5.92 Å². The molecule has 0 radical (unpaired) electrons. The minimum absolute atomic E-state index is 0.630. The van der Waals surface area contributed by atoms with Crippen LogP contribution < -0.4 is 5.32 Å². The minimum atomic E-state index is 0.630. The number of anilines is 1. The third kappa shape index (κ3) is 2.42. The van der Waals surface area contributed by atoms with Crippen LogP contribution in [0.3, 0.4) is 0 Å². The number of nitrogens with zero attached hydrogens (tertiary/aromatic N) is 2.